The predicted molar refractivity (Wildman–Crippen MR) is 82.9 cm³/mol. The molecule has 0 radical (unpaired) electrons. The summed E-state index contributed by atoms with van der Waals surface area (Å²) in [5.41, 5.74) is 0. The lowest BCUT2D eigenvalue weighted by atomic mass is 9.96. The number of hydrogen-bond donors (Lipinski definition) is 2. The van der Waals surface area contributed by atoms with E-state index in [2.05, 4.69) is 10.5 Å². The van der Waals surface area contributed by atoms with Gasteiger partial charge in [-0.05, 0) is 31.2 Å². The largest absolute Gasteiger partial charge is 0.480 e. The van der Waals surface area contributed by atoms with Gasteiger partial charge >= 0.3 is 5.97 Å². The van der Waals surface area contributed by atoms with E-state index in [1.807, 2.05) is 0 Å². The van der Waals surface area contributed by atoms with Gasteiger partial charge in [0.05, 0.1) is 6.26 Å². The van der Waals surface area contributed by atoms with E-state index in [9.17, 15) is 24.4 Å². The van der Waals surface area contributed by atoms with Crippen molar-refractivity contribution in [3.05, 3.63) is 29.1 Å². The third-order valence-corrected chi connectivity index (χ3v) is 5.71. The van der Waals surface area contributed by atoms with Gasteiger partial charge in [0.1, 0.15) is 23.2 Å². The Morgan fingerprint density at radius 2 is 2.21 bits per heavy atom. The third kappa shape index (κ3) is 2.37. The maximum Gasteiger partial charge on any atom is 0.327 e. The number of amides is 2. The number of β-lactam (4-membered cyclic amide) rings is 1. The van der Waals surface area contributed by atoms with Crippen LogP contribution in [0, 0.1) is 4.91 Å². The number of furan rings is 1. The third-order valence-electron chi connectivity index (χ3n) is 4.14. The fourth-order valence-corrected chi connectivity index (χ4v) is 4.68. The topological polar surface area (TPSA) is 129 Å². The zero-order valence-electron chi connectivity index (χ0n) is 12.8. The Morgan fingerprint density at radius 3 is 2.75 bits per heavy atom. The van der Waals surface area contributed by atoms with Gasteiger partial charge in [-0.25, -0.2) is 4.79 Å². The summed E-state index contributed by atoms with van der Waals surface area (Å²) >= 11 is 1.30. The van der Waals surface area contributed by atoms with Crippen LogP contribution in [0.4, 0.5) is 0 Å². The number of aliphatic carboxylic acids is 1. The quantitative estimate of drug-likeness (QED) is 0.589. The molecule has 4 atom stereocenters. The first-order valence-electron chi connectivity index (χ1n) is 7.17. The molecule has 0 bridgehead atoms. The zero-order valence-corrected chi connectivity index (χ0v) is 13.6. The number of carbonyl (C=O) groups excluding carboxylic acids is 2. The molecule has 2 saturated heterocycles. The molecule has 2 amide bonds. The standard InChI is InChI=1S/C14H15N3O6S/c1-14(2)9(13(20)21)17-11(19)8(12(17)24-14)15-10(18)7(16-22)6-4-3-5-23-6/h3-5,7-9,12H,1-2H3,(H,15,18)(H,20,21). The monoisotopic (exact) mass is 353 g/mol. The summed E-state index contributed by atoms with van der Waals surface area (Å²) in [4.78, 5) is 48.1. The average Bonchev–Trinajstić information content (AvgIpc) is 3.10. The molecule has 2 aliphatic heterocycles. The molecule has 2 fully saturated rings. The molecule has 9 nitrogen and oxygen atoms in total. The fourth-order valence-electron chi connectivity index (χ4n) is 3.05. The van der Waals surface area contributed by atoms with Gasteiger partial charge in [0.25, 0.3) is 5.91 Å². The van der Waals surface area contributed by atoms with E-state index in [0.717, 1.165) is 0 Å². The molecule has 0 aromatic carbocycles. The summed E-state index contributed by atoms with van der Waals surface area (Å²) in [7, 11) is 0. The van der Waals surface area contributed by atoms with E-state index in [-0.39, 0.29) is 5.76 Å². The van der Waals surface area contributed by atoms with Crippen LogP contribution in [0.5, 0.6) is 0 Å². The number of nitrogens with one attached hydrogen (secondary N) is 1. The van der Waals surface area contributed by atoms with Crippen molar-refractivity contribution in [3.63, 3.8) is 0 Å². The molecule has 3 heterocycles. The lowest BCUT2D eigenvalue weighted by Crippen LogP contribution is -2.70. The van der Waals surface area contributed by atoms with Gasteiger partial charge in [0, 0.05) is 4.75 Å². The van der Waals surface area contributed by atoms with Crippen molar-refractivity contribution in [2.24, 2.45) is 5.18 Å². The van der Waals surface area contributed by atoms with E-state index in [4.69, 9.17) is 4.42 Å². The van der Waals surface area contributed by atoms with Crippen LogP contribution in [0.3, 0.4) is 0 Å². The van der Waals surface area contributed by atoms with Crippen molar-refractivity contribution in [3.8, 4) is 0 Å². The average molecular weight is 353 g/mol. The lowest BCUT2D eigenvalue weighted by molar-refractivity contribution is -0.161. The smallest absolute Gasteiger partial charge is 0.327 e. The number of rotatable bonds is 5. The van der Waals surface area contributed by atoms with Gasteiger partial charge in [-0.1, -0.05) is 0 Å². The number of hydrogen-bond acceptors (Lipinski definition) is 7. The second kappa shape index (κ2) is 5.62. The molecule has 0 aliphatic carbocycles. The number of thioether (sulfide) groups is 1. The normalized spacial score (nSPS) is 28.7. The molecule has 1 aromatic rings. The number of nitrogens with zero attached hydrogens (tertiary/aromatic N) is 2. The number of carbonyl (C=O) groups is 3. The van der Waals surface area contributed by atoms with Crippen molar-refractivity contribution in [2.75, 3.05) is 0 Å². The van der Waals surface area contributed by atoms with Crippen molar-refractivity contribution >= 4 is 29.5 Å². The summed E-state index contributed by atoms with van der Waals surface area (Å²) in [6, 6.07) is -0.279. The van der Waals surface area contributed by atoms with Crippen molar-refractivity contribution in [1.29, 1.82) is 0 Å². The number of nitroso groups, excluding NO2 is 1. The molecule has 4 unspecified atom stereocenters. The van der Waals surface area contributed by atoms with E-state index >= 15 is 0 Å². The zero-order chi connectivity index (χ0) is 17.6. The maximum atomic E-state index is 12.3. The Kier molecular flexibility index (Phi) is 3.86. The van der Waals surface area contributed by atoms with Crippen molar-refractivity contribution in [2.45, 2.75) is 42.1 Å². The van der Waals surface area contributed by atoms with Crippen LogP contribution in [-0.2, 0) is 14.4 Å². The Balaban J connectivity index is 1.74. The Labute approximate surface area is 140 Å². The van der Waals surface area contributed by atoms with Gasteiger partial charge in [-0.15, -0.1) is 16.7 Å². The van der Waals surface area contributed by atoms with Gasteiger partial charge in [-0.2, -0.15) is 0 Å². The fraction of sp³-hybridized carbons (Fsp3) is 0.500. The second-order valence-electron chi connectivity index (χ2n) is 6.11. The molecular weight excluding hydrogens is 338 g/mol. The Hall–Kier alpha value is -2.36. The van der Waals surface area contributed by atoms with Gasteiger partial charge in [0.15, 0.2) is 0 Å². The summed E-state index contributed by atoms with van der Waals surface area (Å²) in [6.45, 7) is 3.47. The van der Waals surface area contributed by atoms with Crippen LogP contribution < -0.4 is 5.32 Å². The van der Waals surface area contributed by atoms with Gasteiger partial charge in [-0.3, -0.25) is 9.59 Å². The van der Waals surface area contributed by atoms with Crippen LogP contribution in [-0.4, -0.2) is 50.0 Å². The molecule has 2 N–H and O–H groups in total. The van der Waals surface area contributed by atoms with E-state index < -0.39 is 46.0 Å². The first kappa shape index (κ1) is 16.5. The minimum Gasteiger partial charge on any atom is -0.480 e. The first-order chi connectivity index (χ1) is 11.3. The van der Waals surface area contributed by atoms with Crippen LogP contribution in [0.25, 0.3) is 0 Å². The lowest BCUT2D eigenvalue weighted by Gasteiger charge is -2.43. The van der Waals surface area contributed by atoms with E-state index in [1.54, 1.807) is 13.8 Å². The Bertz CT molecular complexity index is 703. The highest BCUT2D eigenvalue weighted by atomic mass is 32.2. The summed E-state index contributed by atoms with van der Waals surface area (Å²) in [5.74, 6) is -2.25. The SMILES string of the molecule is CC1(C)SC2C(NC(=O)C(N=O)c3ccco3)C(=O)N2C1C(=O)O. The molecular formula is C14H15N3O6S. The molecule has 24 heavy (non-hydrogen) atoms. The minimum atomic E-state index is -1.39. The van der Waals surface area contributed by atoms with Crippen molar-refractivity contribution < 1.29 is 23.9 Å². The summed E-state index contributed by atoms with van der Waals surface area (Å²) in [5, 5.41) is 14.1. The van der Waals surface area contributed by atoms with E-state index in [1.165, 1.54) is 35.1 Å². The summed E-state index contributed by atoms with van der Waals surface area (Å²) in [6.07, 6.45) is 1.31. The highest BCUT2D eigenvalue weighted by Crippen LogP contribution is 2.50. The van der Waals surface area contributed by atoms with Crippen LogP contribution in [0.2, 0.25) is 0 Å². The predicted octanol–water partition coefficient (Wildman–Crippen LogP) is 0.719. The minimum absolute atomic E-state index is 0.0777. The van der Waals surface area contributed by atoms with Crippen molar-refractivity contribution in [1.82, 2.24) is 10.2 Å². The van der Waals surface area contributed by atoms with Crippen LogP contribution >= 0.6 is 11.8 Å². The Morgan fingerprint density at radius 1 is 1.50 bits per heavy atom. The highest BCUT2D eigenvalue weighted by Gasteiger charge is 2.64. The first-order valence-corrected chi connectivity index (χ1v) is 8.05. The van der Waals surface area contributed by atoms with E-state index in [0.29, 0.717) is 0 Å². The second-order valence-corrected chi connectivity index (χ2v) is 7.88. The molecule has 0 saturated carbocycles. The number of carboxylic acids is 1. The van der Waals surface area contributed by atoms with Gasteiger partial charge in [0.2, 0.25) is 11.9 Å². The molecule has 3 rings (SSSR count). The van der Waals surface area contributed by atoms with Crippen LogP contribution in [0.1, 0.15) is 25.6 Å². The van der Waals surface area contributed by atoms with Gasteiger partial charge < -0.3 is 19.7 Å². The maximum absolute atomic E-state index is 12.3. The molecule has 10 heteroatoms. The molecule has 2 aliphatic rings. The van der Waals surface area contributed by atoms with Crippen LogP contribution in [0.15, 0.2) is 28.0 Å². The highest BCUT2D eigenvalue weighted by molar-refractivity contribution is 8.01. The number of fused-ring (bicyclic) bond motifs is 1. The molecule has 1 aromatic heterocycles. The number of carboxylic acid groups (broad SMARTS) is 1. The summed E-state index contributed by atoms with van der Waals surface area (Å²) < 4.78 is 4.32. The molecule has 128 valence electrons. The molecule has 0 spiro atoms.